The average Bonchev–Trinajstić information content (AvgIpc) is 2.32. The summed E-state index contributed by atoms with van der Waals surface area (Å²) in [6.07, 6.45) is 2.60. The fraction of sp³-hybridized carbons (Fsp3) is 0.923. The predicted molar refractivity (Wildman–Crippen MR) is 69.1 cm³/mol. The van der Waals surface area contributed by atoms with Gasteiger partial charge in [0.05, 0.1) is 6.61 Å². The maximum absolute atomic E-state index is 11.9. The molecule has 0 amide bonds. The highest BCUT2D eigenvalue weighted by atomic mass is 16.5. The quantitative estimate of drug-likeness (QED) is 0.473. The Labute approximate surface area is 105 Å². The van der Waals surface area contributed by atoms with Crippen molar-refractivity contribution in [1.29, 1.82) is 0 Å². The van der Waals surface area contributed by atoms with Gasteiger partial charge in [-0.15, -0.1) is 0 Å². The maximum Gasteiger partial charge on any atom is 0.326 e. The van der Waals surface area contributed by atoms with Crippen molar-refractivity contribution in [2.45, 2.75) is 52.5 Å². The van der Waals surface area contributed by atoms with Crippen LogP contribution in [0.15, 0.2) is 0 Å². The number of esters is 1. The van der Waals surface area contributed by atoms with Crippen LogP contribution >= 0.6 is 0 Å². The smallest absolute Gasteiger partial charge is 0.326 e. The number of rotatable bonds is 10. The molecule has 0 heterocycles. The first-order chi connectivity index (χ1) is 8.10. The molecule has 1 atom stereocenters. The molecule has 0 aliphatic heterocycles. The van der Waals surface area contributed by atoms with Crippen LogP contribution in [0.1, 0.15) is 47.0 Å². The third kappa shape index (κ3) is 6.64. The molecule has 0 aliphatic carbocycles. The maximum atomic E-state index is 11.9. The molecule has 0 aliphatic rings. The normalized spacial score (nSPS) is 14.4. The molecule has 1 N–H and O–H groups in total. The van der Waals surface area contributed by atoms with E-state index in [0.29, 0.717) is 13.2 Å². The highest BCUT2D eigenvalue weighted by Crippen LogP contribution is 2.15. The van der Waals surface area contributed by atoms with Gasteiger partial charge in [-0.2, -0.15) is 0 Å². The Bertz CT molecular complexity index is 209. The number of carbonyl (C=O) groups is 1. The van der Waals surface area contributed by atoms with Crippen LogP contribution in [0.4, 0.5) is 0 Å². The first-order valence-corrected chi connectivity index (χ1v) is 6.60. The van der Waals surface area contributed by atoms with Crippen molar-refractivity contribution in [3.05, 3.63) is 0 Å². The van der Waals surface area contributed by atoms with Crippen LogP contribution in [0.3, 0.4) is 0 Å². The van der Waals surface area contributed by atoms with E-state index in [1.807, 2.05) is 20.8 Å². The minimum atomic E-state index is -0.580. The Morgan fingerprint density at radius 3 is 2.47 bits per heavy atom. The lowest BCUT2D eigenvalue weighted by Gasteiger charge is -2.28. The van der Waals surface area contributed by atoms with Gasteiger partial charge in [0.25, 0.3) is 0 Å². The highest BCUT2D eigenvalue weighted by molar-refractivity contribution is 5.80. The van der Waals surface area contributed by atoms with Crippen molar-refractivity contribution in [2.24, 2.45) is 0 Å². The molecule has 0 rings (SSSR count). The summed E-state index contributed by atoms with van der Waals surface area (Å²) in [6.45, 7) is 10.5. The predicted octanol–water partition coefficient (Wildman–Crippen LogP) is 2.12. The SMILES string of the molecule is CCCNC(C)(CCCOCC)C(=O)OCC. The van der Waals surface area contributed by atoms with E-state index in [2.05, 4.69) is 12.2 Å². The van der Waals surface area contributed by atoms with E-state index in [9.17, 15) is 4.79 Å². The first kappa shape index (κ1) is 16.4. The molecule has 4 heteroatoms. The van der Waals surface area contributed by atoms with Gasteiger partial charge < -0.3 is 14.8 Å². The van der Waals surface area contributed by atoms with Crippen molar-refractivity contribution >= 4 is 5.97 Å². The molecule has 0 aromatic carbocycles. The van der Waals surface area contributed by atoms with Crippen LogP contribution in [0.2, 0.25) is 0 Å². The Balaban J connectivity index is 4.22. The largest absolute Gasteiger partial charge is 0.465 e. The van der Waals surface area contributed by atoms with Gasteiger partial charge in [0.2, 0.25) is 0 Å². The van der Waals surface area contributed by atoms with E-state index in [1.165, 1.54) is 0 Å². The van der Waals surface area contributed by atoms with Gasteiger partial charge in [-0.25, -0.2) is 0 Å². The molecular weight excluding hydrogens is 218 g/mol. The zero-order valence-electron chi connectivity index (χ0n) is 11.7. The third-order valence-corrected chi connectivity index (χ3v) is 2.66. The molecule has 0 bridgehead atoms. The molecule has 0 saturated carbocycles. The van der Waals surface area contributed by atoms with Gasteiger partial charge in [0.1, 0.15) is 5.54 Å². The number of carbonyl (C=O) groups excluding carboxylic acids is 1. The van der Waals surface area contributed by atoms with Crippen molar-refractivity contribution in [1.82, 2.24) is 5.32 Å². The van der Waals surface area contributed by atoms with Crippen LogP contribution in [0, 0.1) is 0 Å². The lowest BCUT2D eigenvalue weighted by atomic mass is 9.95. The lowest BCUT2D eigenvalue weighted by Crippen LogP contribution is -2.50. The van der Waals surface area contributed by atoms with Crippen molar-refractivity contribution in [3.63, 3.8) is 0 Å². The standard InChI is InChI=1S/C13H27NO3/c1-5-10-14-13(4,12(15)17-7-3)9-8-11-16-6-2/h14H,5-11H2,1-4H3. The number of hydrogen-bond acceptors (Lipinski definition) is 4. The van der Waals surface area contributed by atoms with Crippen LogP contribution in [0.5, 0.6) is 0 Å². The summed E-state index contributed by atoms with van der Waals surface area (Å²) in [4.78, 5) is 11.9. The van der Waals surface area contributed by atoms with E-state index in [4.69, 9.17) is 9.47 Å². The van der Waals surface area contributed by atoms with Crippen molar-refractivity contribution in [2.75, 3.05) is 26.4 Å². The molecule has 0 radical (unpaired) electrons. The fourth-order valence-corrected chi connectivity index (χ4v) is 1.63. The number of nitrogens with one attached hydrogen (secondary N) is 1. The van der Waals surface area contributed by atoms with Crippen LogP contribution in [-0.4, -0.2) is 37.9 Å². The third-order valence-electron chi connectivity index (χ3n) is 2.66. The Kier molecular flexibility index (Phi) is 9.09. The summed E-state index contributed by atoms with van der Waals surface area (Å²) in [5.41, 5.74) is -0.580. The van der Waals surface area contributed by atoms with Gasteiger partial charge in [0, 0.05) is 13.2 Å². The van der Waals surface area contributed by atoms with Gasteiger partial charge in [-0.3, -0.25) is 4.79 Å². The fourth-order valence-electron chi connectivity index (χ4n) is 1.63. The van der Waals surface area contributed by atoms with Gasteiger partial charge in [-0.05, 0) is 46.6 Å². The molecule has 0 aromatic rings. The zero-order valence-corrected chi connectivity index (χ0v) is 11.7. The molecule has 0 saturated heterocycles. The zero-order chi connectivity index (χ0) is 13.1. The van der Waals surface area contributed by atoms with Gasteiger partial charge in [0.15, 0.2) is 0 Å². The van der Waals surface area contributed by atoms with E-state index >= 15 is 0 Å². The summed E-state index contributed by atoms with van der Waals surface area (Å²) in [5.74, 6) is -0.162. The first-order valence-electron chi connectivity index (χ1n) is 6.60. The minimum Gasteiger partial charge on any atom is -0.465 e. The second-order valence-electron chi connectivity index (χ2n) is 4.28. The molecular formula is C13H27NO3. The summed E-state index contributed by atoms with van der Waals surface area (Å²) in [7, 11) is 0. The Morgan fingerprint density at radius 1 is 1.24 bits per heavy atom. The van der Waals surface area contributed by atoms with Crippen molar-refractivity contribution < 1.29 is 14.3 Å². The molecule has 0 fully saturated rings. The minimum absolute atomic E-state index is 0.162. The van der Waals surface area contributed by atoms with Crippen LogP contribution < -0.4 is 5.32 Å². The van der Waals surface area contributed by atoms with Gasteiger partial charge >= 0.3 is 5.97 Å². The number of hydrogen-bond donors (Lipinski definition) is 1. The van der Waals surface area contributed by atoms with Crippen LogP contribution in [-0.2, 0) is 14.3 Å². The lowest BCUT2D eigenvalue weighted by molar-refractivity contribution is -0.151. The number of ether oxygens (including phenoxy) is 2. The molecule has 0 aromatic heterocycles. The molecule has 4 nitrogen and oxygen atoms in total. The summed E-state index contributed by atoms with van der Waals surface area (Å²) in [5, 5.41) is 3.28. The second-order valence-corrected chi connectivity index (χ2v) is 4.28. The van der Waals surface area contributed by atoms with E-state index in [0.717, 1.165) is 32.4 Å². The molecule has 0 spiro atoms. The van der Waals surface area contributed by atoms with E-state index in [1.54, 1.807) is 0 Å². The van der Waals surface area contributed by atoms with Crippen LogP contribution in [0.25, 0.3) is 0 Å². The second kappa shape index (κ2) is 9.42. The molecule has 1 unspecified atom stereocenters. The van der Waals surface area contributed by atoms with E-state index < -0.39 is 5.54 Å². The average molecular weight is 245 g/mol. The summed E-state index contributed by atoms with van der Waals surface area (Å²) in [6, 6.07) is 0. The monoisotopic (exact) mass is 245 g/mol. The summed E-state index contributed by atoms with van der Waals surface area (Å²) < 4.78 is 10.4. The highest BCUT2D eigenvalue weighted by Gasteiger charge is 2.33. The van der Waals surface area contributed by atoms with Gasteiger partial charge in [-0.1, -0.05) is 6.92 Å². The molecule has 17 heavy (non-hydrogen) atoms. The Morgan fingerprint density at radius 2 is 1.94 bits per heavy atom. The van der Waals surface area contributed by atoms with E-state index in [-0.39, 0.29) is 5.97 Å². The topological polar surface area (TPSA) is 47.6 Å². The Hall–Kier alpha value is -0.610. The molecule has 102 valence electrons. The van der Waals surface area contributed by atoms with Crippen molar-refractivity contribution in [3.8, 4) is 0 Å². The summed E-state index contributed by atoms with van der Waals surface area (Å²) >= 11 is 0.